The first kappa shape index (κ1) is 29.9. The van der Waals surface area contributed by atoms with E-state index < -0.39 is 29.5 Å². The number of ether oxygens (including phenoxy) is 2. The van der Waals surface area contributed by atoms with Crippen LogP contribution >= 0.6 is 0 Å². The normalized spacial score (nSPS) is 16.9. The topological polar surface area (TPSA) is 130 Å². The van der Waals surface area contributed by atoms with Gasteiger partial charge in [0.2, 0.25) is 5.95 Å². The number of rotatable bonds is 8. The maximum atomic E-state index is 14.0. The Morgan fingerprint density at radius 3 is 2.58 bits per heavy atom. The largest absolute Gasteiger partial charge is 0.497 e. The van der Waals surface area contributed by atoms with E-state index in [0.29, 0.717) is 30.4 Å². The Balaban J connectivity index is 1.57. The zero-order valence-electron chi connectivity index (χ0n) is 25.3. The fraction of sp³-hybridized carbons (Fsp3) is 0.516. The van der Waals surface area contributed by atoms with E-state index in [1.54, 1.807) is 40.3 Å². The lowest BCUT2D eigenvalue weighted by Crippen LogP contribution is -2.49. The van der Waals surface area contributed by atoms with Gasteiger partial charge in [-0.2, -0.15) is 4.98 Å². The highest BCUT2D eigenvalue weighted by Crippen LogP contribution is 2.36. The maximum absolute atomic E-state index is 14.0. The summed E-state index contributed by atoms with van der Waals surface area (Å²) in [6, 6.07) is 6.32. The first-order valence-corrected chi connectivity index (χ1v) is 14.6. The van der Waals surface area contributed by atoms with Gasteiger partial charge in [-0.25, -0.2) is 9.59 Å². The average molecular weight is 591 g/mol. The third-order valence-electron chi connectivity index (χ3n) is 7.49. The molecule has 0 bridgehead atoms. The summed E-state index contributed by atoms with van der Waals surface area (Å²) < 4.78 is 15.0. The van der Waals surface area contributed by atoms with Crippen LogP contribution in [0, 0.1) is 11.8 Å². The highest BCUT2D eigenvalue weighted by molar-refractivity contribution is 5.96. The molecule has 43 heavy (non-hydrogen) atoms. The Morgan fingerprint density at radius 1 is 1.14 bits per heavy atom. The molecular weight excluding hydrogens is 552 g/mol. The minimum Gasteiger partial charge on any atom is -0.497 e. The molecule has 2 aliphatic rings. The zero-order chi connectivity index (χ0) is 30.9. The third kappa shape index (κ3) is 6.45. The lowest BCUT2D eigenvalue weighted by Gasteiger charge is -2.34. The highest BCUT2D eigenvalue weighted by atomic mass is 16.6. The Labute approximate surface area is 249 Å². The van der Waals surface area contributed by atoms with Crippen LogP contribution in [-0.4, -0.2) is 62.4 Å². The minimum absolute atomic E-state index is 0.106. The number of anilines is 1. The van der Waals surface area contributed by atoms with E-state index in [9.17, 15) is 19.2 Å². The highest BCUT2D eigenvalue weighted by Gasteiger charge is 2.34. The summed E-state index contributed by atoms with van der Waals surface area (Å²) >= 11 is 0. The van der Waals surface area contributed by atoms with Gasteiger partial charge in [0, 0.05) is 30.7 Å². The zero-order valence-corrected chi connectivity index (χ0v) is 25.3. The fourth-order valence-corrected chi connectivity index (χ4v) is 5.38. The van der Waals surface area contributed by atoms with Gasteiger partial charge in [-0.3, -0.25) is 23.3 Å². The van der Waals surface area contributed by atoms with Crippen molar-refractivity contribution in [3.05, 3.63) is 50.7 Å². The van der Waals surface area contributed by atoms with Crippen molar-refractivity contribution in [3.8, 4) is 17.6 Å². The smallest absolute Gasteiger partial charge is 0.407 e. The van der Waals surface area contributed by atoms with Crippen molar-refractivity contribution in [2.45, 2.75) is 84.2 Å². The number of methoxy groups -OCH3 is 1. The molecule has 0 spiro atoms. The second-order valence-corrected chi connectivity index (χ2v) is 12.0. The number of imidazole rings is 1. The molecule has 3 aromatic rings. The molecule has 12 heteroatoms. The second kappa shape index (κ2) is 12.0. The number of benzene rings is 1. The van der Waals surface area contributed by atoms with Crippen molar-refractivity contribution in [1.82, 2.24) is 24.0 Å². The number of Topliss-reactive ketones (excluding diaryl/α,β-unsaturated/α-hetero) is 1. The van der Waals surface area contributed by atoms with Crippen LogP contribution in [0.4, 0.5) is 10.7 Å². The van der Waals surface area contributed by atoms with Crippen molar-refractivity contribution in [3.63, 3.8) is 0 Å². The molecule has 1 atom stereocenters. The predicted octanol–water partition coefficient (Wildman–Crippen LogP) is 3.10. The summed E-state index contributed by atoms with van der Waals surface area (Å²) in [6.07, 6.45) is 2.60. The van der Waals surface area contributed by atoms with Gasteiger partial charge in [0.1, 0.15) is 11.4 Å². The Kier molecular flexibility index (Phi) is 8.35. The number of hydrogen-bond donors (Lipinski definition) is 1. The molecule has 2 fully saturated rings. The van der Waals surface area contributed by atoms with Crippen LogP contribution < -0.4 is 26.2 Å². The Hall–Kier alpha value is -4.53. The van der Waals surface area contributed by atoms with Crippen LogP contribution in [0.3, 0.4) is 0 Å². The molecule has 1 amide bonds. The number of amides is 1. The summed E-state index contributed by atoms with van der Waals surface area (Å²) in [7, 11) is 1.51. The molecule has 1 aliphatic carbocycles. The number of aromatic nitrogens is 4. The van der Waals surface area contributed by atoms with Gasteiger partial charge in [0.15, 0.2) is 16.9 Å². The van der Waals surface area contributed by atoms with E-state index in [4.69, 9.17) is 14.5 Å². The third-order valence-corrected chi connectivity index (χ3v) is 7.49. The van der Waals surface area contributed by atoms with Crippen LogP contribution in [0.5, 0.6) is 5.75 Å². The maximum Gasteiger partial charge on any atom is 0.407 e. The van der Waals surface area contributed by atoms with Gasteiger partial charge < -0.3 is 19.7 Å². The lowest BCUT2D eigenvalue weighted by atomic mass is 10.1. The number of hydrogen-bond acceptors (Lipinski definition) is 8. The fourth-order valence-electron chi connectivity index (χ4n) is 5.38. The van der Waals surface area contributed by atoms with Crippen molar-refractivity contribution >= 4 is 29.0 Å². The molecule has 0 radical (unpaired) electrons. The minimum atomic E-state index is -0.619. The second-order valence-electron chi connectivity index (χ2n) is 12.0. The summed E-state index contributed by atoms with van der Waals surface area (Å²) in [5.41, 5.74) is -0.914. The SMILES string of the molecule is CC#CCn1c(N2CCC[C@@H](NC(=O)OC(C)(C)C)C2)nc2c1c(=O)n(CC(=O)c1cccc(OC)c1)c(=O)n2C1CC1. The molecular formula is C31H38N6O6. The molecule has 228 valence electrons. The van der Waals surface area contributed by atoms with Gasteiger partial charge >= 0.3 is 11.8 Å². The van der Waals surface area contributed by atoms with Gasteiger partial charge in [-0.1, -0.05) is 18.1 Å². The summed E-state index contributed by atoms with van der Waals surface area (Å²) in [5.74, 6) is 6.54. The van der Waals surface area contributed by atoms with Crippen LogP contribution in [0.2, 0.25) is 0 Å². The number of piperidine rings is 1. The summed E-state index contributed by atoms with van der Waals surface area (Å²) in [4.78, 5) is 60.4. The first-order valence-electron chi connectivity index (χ1n) is 14.6. The Morgan fingerprint density at radius 2 is 1.91 bits per heavy atom. The molecule has 1 saturated heterocycles. The van der Waals surface area contributed by atoms with Crippen LogP contribution in [0.1, 0.15) is 69.8 Å². The number of carbonyl (C=O) groups is 2. The molecule has 3 heterocycles. The number of nitrogens with zero attached hydrogens (tertiary/aromatic N) is 5. The van der Waals surface area contributed by atoms with Crippen molar-refractivity contribution in [2.24, 2.45) is 0 Å². The van der Waals surface area contributed by atoms with Gasteiger partial charge in [0.05, 0.1) is 20.2 Å². The van der Waals surface area contributed by atoms with Crippen LogP contribution in [0.25, 0.3) is 11.2 Å². The van der Waals surface area contributed by atoms with Gasteiger partial charge in [-0.15, -0.1) is 5.92 Å². The first-order chi connectivity index (χ1) is 20.5. The number of ketones is 1. The molecule has 0 unspecified atom stereocenters. The van der Waals surface area contributed by atoms with Crippen molar-refractivity contribution in [1.29, 1.82) is 0 Å². The number of carbonyl (C=O) groups excluding carboxylic acids is 2. The van der Waals surface area contributed by atoms with E-state index >= 15 is 0 Å². The van der Waals surface area contributed by atoms with Crippen molar-refractivity contribution in [2.75, 3.05) is 25.1 Å². The summed E-state index contributed by atoms with van der Waals surface area (Å²) in [6.45, 7) is 7.99. The molecule has 1 saturated carbocycles. The average Bonchev–Trinajstić information content (AvgIpc) is 3.72. The monoisotopic (exact) mass is 590 g/mol. The number of alkyl carbamates (subject to hydrolysis) is 1. The Bertz CT molecular complexity index is 1730. The van der Waals surface area contributed by atoms with E-state index in [0.717, 1.165) is 30.3 Å². The van der Waals surface area contributed by atoms with Gasteiger partial charge in [0.25, 0.3) is 5.56 Å². The number of nitrogens with one attached hydrogen (secondary N) is 1. The molecule has 1 N–H and O–H groups in total. The lowest BCUT2D eigenvalue weighted by molar-refractivity contribution is 0.0499. The summed E-state index contributed by atoms with van der Waals surface area (Å²) in [5, 5.41) is 2.95. The number of fused-ring (bicyclic) bond motifs is 1. The molecule has 12 nitrogen and oxygen atoms in total. The van der Waals surface area contributed by atoms with Crippen molar-refractivity contribution < 1.29 is 19.1 Å². The van der Waals surface area contributed by atoms with E-state index in [1.165, 1.54) is 7.11 Å². The van der Waals surface area contributed by atoms with Gasteiger partial charge in [-0.05, 0) is 65.5 Å². The molecule has 2 aromatic heterocycles. The quantitative estimate of drug-likeness (QED) is 0.313. The van der Waals surface area contributed by atoms with E-state index in [-0.39, 0.29) is 35.6 Å². The molecule has 1 aromatic carbocycles. The molecule has 5 rings (SSSR count). The predicted molar refractivity (Wildman–Crippen MR) is 162 cm³/mol. The standard InChI is InChI=1S/C31H38N6O6/c1-6-7-16-35-25-26(33-28(35)34-15-9-11-21(18-34)32-29(40)43-31(2,3)4)37(22-13-14-22)30(41)36(27(25)39)19-24(38)20-10-8-12-23(17-20)42-5/h8,10,12,17,21-22H,9,11,13-16,18-19H2,1-5H3,(H,32,40)/t21-/m1/s1. The van der Waals surface area contributed by atoms with E-state index in [2.05, 4.69) is 17.2 Å². The van der Waals surface area contributed by atoms with Crippen LogP contribution in [0.15, 0.2) is 33.9 Å². The van der Waals surface area contributed by atoms with E-state index in [1.807, 2.05) is 25.7 Å². The van der Waals surface area contributed by atoms with Crippen LogP contribution in [-0.2, 0) is 17.8 Å². The molecule has 1 aliphatic heterocycles.